The van der Waals surface area contributed by atoms with E-state index in [1.807, 2.05) is 20.0 Å². The molecule has 6 nitrogen and oxygen atoms in total. The van der Waals surface area contributed by atoms with Crippen LogP contribution in [0.25, 0.3) is 10.9 Å². The van der Waals surface area contributed by atoms with Gasteiger partial charge in [-0.2, -0.15) is 0 Å². The first-order chi connectivity index (χ1) is 10.5. The van der Waals surface area contributed by atoms with E-state index in [0.717, 1.165) is 10.9 Å². The molecule has 0 saturated heterocycles. The molecule has 116 valence electrons. The third-order valence-electron chi connectivity index (χ3n) is 3.11. The van der Waals surface area contributed by atoms with E-state index in [1.54, 1.807) is 34.3 Å². The summed E-state index contributed by atoms with van der Waals surface area (Å²) in [6.45, 7) is 2.38. The van der Waals surface area contributed by atoms with Gasteiger partial charge in [-0.05, 0) is 36.6 Å². The Morgan fingerprint density at radius 3 is 2.86 bits per heavy atom. The van der Waals surface area contributed by atoms with Crippen LogP contribution in [0.4, 0.5) is 5.69 Å². The molecule has 0 saturated carbocycles. The van der Waals surface area contributed by atoms with Crippen molar-refractivity contribution in [3.63, 3.8) is 0 Å². The van der Waals surface area contributed by atoms with E-state index in [0.29, 0.717) is 18.2 Å². The molecule has 0 unspecified atom stereocenters. The summed E-state index contributed by atoms with van der Waals surface area (Å²) in [6, 6.07) is 8.54. The zero-order valence-corrected chi connectivity index (χ0v) is 13.7. The Kier molecular flexibility index (Phi) is 3.79. The summed E-state index contributed by atoms with van der Waals surface area (Å²) in [5.74, 6) is 0.497. The molecular formula is C14H15N3O3S2. The van der Waals surface area contributed by atoms with Crippen molar-refractivity contribution in [2.24, 2.45) is 7.05 Å². The van der Waals surface area contributed by atoms with Crippen LogP contribution in [0.15, 0.2) is 39.9 Å². The largest absolute Gasteiger partial charge is 0.476 e. The van der Waals surface area contributed by atoms with Gasteiger partial charge in [0.15, 0.2) is 0 Å². The summed E-state index contributed by atoms with van der Waals surface area (Å²) >= 11 is 1.18. The van der Waals surface area contributed by atoms with Gasteiger partial charge < -0.3 is 4.74 Å². The zero-order chi connectivity index (χ0) is 15.7. The normalized spacial score (nSPS) is 11.7. The Hall–Kier alpha value is -2.06. The van der Waals surface area contributed by atoms with Gasteiger partial charge in [-0.3, -0.25) is 9.40 Å². The Morgan fingerprint density at radius 2 is 2.18 bits per heavy atom. The summed E-state index contributed by atoms with van der Waals surface area (Å²) in [6.07, 6.45) is 0. The zero-order valence-electron chi connectivity index (χ0n) is 12.1. The SMILES string of the molecule is CCOc1nn(C)c2ccc(NS(=O)(=O)c3cccs3)cc12. The van der Waals surface area contributed by atoms with Crippen LogP contribution in [-0.2, 0) is 17.1 Å². The van der Waals surface area contributed by atoms with Crippen LogP contribution in [0.3, 0.4) is 0 Å². The lowest BCUT2D eigenvalue weighted by molar-refractivity contribution is 0.326. The molecule has 2 aromatic heterocycles. The molecule has 0 fully saturated rings. The number of aromatic nitrogens is 2. The fourth-order valence-corrected chi connectivity index (χ4v) is 4.20. The lowest BCUT2D eigenvalue weighted by Gasteiger charge is -2.06. The topological polar surface area (TPSA) is 73.2 Å². The van der Waals surface area contributed by atoms with E-state index in [2.05, 4.69) is 9.82 Å². The molecule has 8 heteroatoms. The van der Waals surface area contributed by atoms with Crippen LogP contribution in [-0.4, -0.2) is 24.8 Å². The number of aryl methyl sites for hydroxylation is 1. The van der Waals surface area contributed by atoms with Crippen molar-refractivity contribution in [1.82, 2.24) is 9.78 Å². The maximum atomic E-state index is 12.3. The van der Waals surface area contributed by atoms with Gasteiger partial charge in [0.25, 0.3) is 10.0 Å². The van der Waals surface area contributed by atoms with Crippen molar-refractivity contribution >= 4 is 38.0 Å². The molecule has 3 rings (SSSR count). The van der Waals surface area contributed by atoms with E-state index in [-0.39, 0.29) is 4.21 Å². The number of fused-ring (bicyclic) bond motifs is 1. The average molecular weight is 337 g/mol. The van der Waals surface area contributed by atoms with Gasteiger partial charge in [0.05, 0.1) is 17.5 Å². The highest BCUT2D eigenvalue weighted by Crippen LogP contribution is 2.29. The van der Waals surface area contributed by atoms with E-state index in [1.165, 1.54) is 11.3 Å². The maximum absolute atomic E-state index is 12.3. The molecule has 0 bridgehead atoms. The standard InChI is InChI=1S/C14H15N3O3S2/c1-3-20-14-11-9-10(6-7-12(11)17(2)15-14)16-22(18,19)13-5-4-8-21-13/h4-9,16H,3H2,1-2H3. The van der Waals surface area contributed by atoms with Crippen LogP contribution in [0.2, 0.25) is 0 Å². The minimum absolute atomic E-state index is 0.281. The molecule has 1 N–H and O–H groups in total. The first-order valence-electron chi connectivity index (χ1n) is 6.67. The number of nitrogens with zero attached hydrogens (tertiary/aromatic N) is 2. The summed E-state index contributed by atoms with van der Waals surface area (Å²) < 4.78 is 34.6. The second-order valence-corrected chi connectivity index (χ2v) is 7.49. The van der Waals surface area contributed by atoms with Gasteiger partial charge in [-0.1, -0.05) is 6.07 Å². The van der Waals surface area contributed by atoms with Crippen LogP contribution < -0.4 is 9.46 Å². The second kappa shape index (κ2) is 5.62. The van der Waals surface area contributed by atoms with Gasteiger partial charge >= 0.3 is 0 Å². The quantitative estimate of drug-likeness (QED) is 0.777. The lowest BCUT2D eigenvalue weighted by Crippen LogP contribution is -2.11. The van der Waals surface area contributed by atoms with E-state index in [4.69, 9.17) is 4.74 Å². The molecule has 2 heterocycles. The summed E-state index contributed by atoms with van der Waals surface area (Å²) in [7, 11) is -1.74. The third kappa shape index (κ3) is 2.67. The fourth-order valence-electron chi connectivity index (χ4n) is 2.16. The molecule has 0 aliphatic carbocycles. The number of thiophene rings is 1. The van der Waals surface area contributed by atoms with E-state index in [9.17, 15) is 8.42 Å². The summed E-state index contributed by atoms with van der Waals surface area (Å²) in [5, 5.41) is 6.79. The molecule has 0 aliphatic rings. The van der Waals surface area contributed by atoms with Crippen molar-refractivity contribution in [2.75, 3.05) is 11.3 Å². The van der Waals surface area contributed by atoms with Crippen molar-refractivity contribution in [2.45, 2.75) is 11.1 Å². The van der Waals surface area contributed by atoms with Gasteiger partial charge in [0.2, 0.25) is 5.88 Å². The summed E-state index contributed by atoms with van der Waals surface area (Å²) in [4.78, 5) is 0. The minimum atomic E-state index is -3.56. The Bertz CT molecular complexity index is 899. The number of nitrogens with one attached hydrogen (secondary N) is 1. The Labute approximate surface area is 132 Å². The Morgan fingerprint density at radius 1 is 1.36 bits per heavy atom. The third-order valence-corrected chi connectivity index (χ3v) is 5.89. The molecule has 0 radical (unpaired) electrons. The number of rotatable bonds is 5. The van der Waals surface area contributed by atoms with Gasteiger partial charge in [0.1, 0.15) is 4.21 Å². The van der Waals surface area contributed by atoms with Crippen LogP contribution in [0, 0.1) is 0 Å². The van der Waals surface area contributed by atoms with E-state index >= 15 is 0 Å². The first-order valence-corrected chi connectivity index (χ1v) is 9.03. The number of hydrogen-bond acceptors (Lipinski definition) is 5. The van der Waals surface area contributed by atoms with Crippen molar-refractivity contribution in [3.05, 3.63) is 35.7 Å². The van der Waals surface area contributed by atoms with E-state index < -0.39 is 10.0 Å². The molecular weight excluding hydrogens is 322 g/mol. The van der Waals surface area contributed by atoms with Crippen LogP contribution in [0.5, 0.6) is 5.88 Å². The number of benzene rings is 1. The second-order valence-electron chi connectivity index (χ2n) is 4.63. The minimum Gasteiger partial charge on any atom is -0.476 e. The number of hydrogen-bond donors (Lipinski definition) is 1. The fraction of sp³-hybridized carbons (Fsp3) is 0.214. The molecule has 0 atom stereocenters. The highest BCUT2D eigenvalue weighted by molar-refractivity contribution is 7.94. The predicted molar refractivity (Wildman–Crippen MR) is 87.0 cm³/mol. The van der Waals surface area contributed by atoms with Crippen molar-refractivity contribution in [1.29, 1.82) is 0 Å². The Balaban J connectivity index is 2.00. The monoisotopic (exact) mass is 337 g/mol. The lowest BCUT2D eigenvalue weighted by atomic mass is 10.2. The highest BCUT2D eigenvalue weighted by Gasteiger charge is 2.17. The molecule has 1 aromatic carbocycles. The summed E-state index contributed by atoms with van der Waals surface area (Å²) in [5.41, 5.74) is 1.36. The van der Waals surface area contributed by atoms with Gasteiger partial charge in [-0.25, -0.2) is 8.42 Å². The number of sulfonamides is 1. The highest BCUT2D eigenvalue weighted by atomic mass is 32.2. The first kappa shape index (κ1) is 14.9. The van der Waals surface area contributed by atoms with Crippen molar-refractivity contribution in [3.8, 4) is 5.88 Å². The number of ether oxygens (including phenoxy) is 1. The molecule has 0 spiro atoms. The average Bonchev–Trinajstić information content (AvgIpc) is 3.09. The predicted octanol–water partition coefficient (Wildman–Crippen LogP) is 2.83. The van der Waals surface area contributed by atoms with Gasteiger partial charge in [-0.15, -0.1) is 16.4 Å². The van der Waals surface area contributed by atoms with Gasteiger partial charge in [0, 0.05) is 12.7 Å². The smallest absolute Gasteiger partial charge is 0.271 e. The molecule has 0 amide bonds. The van der Waals surface area contributed by atoms with Crippen molar-refractivity contribution < 1.29 is 13.2 Å². The molecule has 22 heavy (non-hydrogen) atoms. The maximum Gasteiger partial charge on any atom is 0.271 e. The number of anilines is 1. The molecule has 3 aromatic rings. The molecule has 0 aliphatic heterocycles. The van der Waals surface area contributed by atoms with Crippen LogP contribution >= 0.6 is 11.3 Å². The van der Waals surface area contributed by atoms with Crippen LogP contribution in [0.1, 0.15) is 6.92 Å².